The highest BCUT2D eigenvalue weighted by Crippen LogP contribution is 2.42. The number of aromatic amines is 1. The molecule has 0 aliphatic rings. The second-order valence-corrected chi connectivity index (χ2v) is 5.84. The molecule has 1 aromatic carbocycles. The minimum Gasteiger partial charge on any atom is -0.382 e. The maximum Gasteiger partial charge on any atom is 0.417 e. The summed E-state index contributed by atoms with van der Waals surface area (Å²) in [5, 5.41) is -0.00698. The first kappa shape index (κ1) is 17.3. The SMILES string of the molecule is Nc1ncnc2[nH]c(Sc3ccc(C(F)(F)F)cc3C(F)(F)F)nc12. The van der Waals surface area contributed by atoms with E-state index in [1.165, 1.54) is 0 Å². The number of aromatic nitrogens is 4. The number of nitrogens with two attached hydrogens (primary N) is 1. The number of nitrogens with zero attached hydrogens (tertiary/aromatic N) is 3. The van der Waals surface area contributed by atoms with Crippen LogP contribution in [0.3, 0.4) is 0 Å². The largest absolute Gasteiger partial charge is 0.417 e. The van der Waals surface area contributed by atoms with Gasteiger partial charge in [0, 0.05) is 4.90 Å². The van der Waals surface area contributed by atoms with Crippen molar-refractivity contribution in [1.29, 1.82) is 0 Å². The monoisotopic (exact) mass is 379 g/mol. The molecule has 0 spiro atoms. The maximum absolute atomic E-state index is 13.1. The Bertz CT molecular complexity index is 933. The van der Waals surface area contributed by atoms with Gasteiger partial charge in [-0.25, -0.2) is 15.0 Å². The lowest BCUT2D eigenvalue weighted by atomic mass is 10.1. The summed E-state index contributed by atoms with van der Waals surface area (Å²) in [6, 6.07) is 1.39. The van der Waals surface area contributed by atoms with E-state index in [4.69, 9.17) is 5.73 Å². The minimum atomic E-state index is -4.96. The summed E-state index contributed by atoms with van der Waals surface area (Å²) in [4.78, 5) is 13.7. The van der Waals surface area contributed by atoms with Crippen molar-refractivity contribution in [2.45, 2.75) is 22.4 Å². The summed E-state index contributed by atoms with van der Waals surface area (Å²) in [6.45, 7) is 0. The minimum absolute atomic E-state index is 0.00698. The molecule has 0 fully saturated rings. The van der Waals surface area contributed by atoms with Crippen LogP contribution in [0.25, 0.3) is 11.2 Å². The average Bonchev–Trinajstić information content (AvgIpc) is 2.89. The van der Waals surface area contributed by atoms with Gasteiger partial charge in [-0.3, -0.25) is 0 Å². The summed E-state index contributed by atoms with van der Waals surface area (Å²) in [7, 11) is 0. The second kappa shape index (κ2) is 5.79. The Hall–Kier alpha value is -2.50. The fourth-order valence-corrected chi connectivity index (χ4v) is 2.91. The van der Waals surface area contributed by atoms with Gasteiger partial charge in [-0.2, -0.15) is 26.3 Å². The van der Waals surface area contributed by atoms with Crippen LogP contribution in [0.15, 0.2) is 34.6 Å². The van der Waals surface area contributed by atoms with Crippen molar-refractivity contribution in [1.82, 2.24) is 19.9 Å². The summed E-state index contributed by atoms with van der Waals surface area (Å²) >= 11 is 0.518. The Labute approximate surface area is 139 Å². The van der Waals surface area contributed by atoms with E-state index >= 15 is 0 Å². The second-order valence-electron chi connectivity index (χ2n) is 4.81. The van der Waals surface area contributed by atoms with Crippen molar-refractivity contribution in [3.05, 3.63) is 35.7 Å². The van der Waals surface area contributed by atoms with Crippen molar-refractivity contribution >= 4 is 28.7 Å². The first-order valence-electron chi connectivity index (χ1n) is 6.48. The Morgan fingerprint density at radius 1 is 1.00 bits per heavy atom. The van der Waals surface area contributed by atoms with E-state index in [9.17, 15) is 26.3 Å². The molecule has 2 aromatic heterocycles. The van der Waals surface area contributed by atoms with Gasteiger partial charge in [-0.15, -0.1) is 0 Å². The first-order valence-corrected chi connectivity index (χ1v) is 7.30. The molecule has 3 aromatic rings. The van der Waals surface area contributed by atoms with Crippen LogP contribution in [0.1, 0.15) is 11.1 Å². The summed E-state index contributed by atoms with van der Waals surface area (Å²) in [5.41, 5.74) is 3.15. The van der Waals surface area contributed by atoms with Gasteiger partial charge in [0.1, 0.15) is 6.33 Å². The van der Waals surface area contributed by atoms with E-state index in [-0.39, 0.29) is 28.2 Å². The van der Waals surface area contributed by atoms with Gasteiger partial charge in [0.2, 0.25) is 0 Å². The molecule has 0 saturated heterocycles. The first-order chi connectivity index (χ1) is 11.6. The molecule has 5 nitrogen and oxygen atoms in total. The third-order valence-corrected chi connectivity index (χ3v) is 4.07. The molecular formula is C13H7F6N5S. The molecule has 3 rings (SSSR count). The Morgan fingerprint density at radius 2 is 1.72 bits per heavy atom. The van der Waals surface area contributed by atoms with Gasteiger partial charge in [0.05, 0.1) is 11.1 Å². The van der Waals surface area contributed by atoms with Crippen molar-refractivity contribution in [3.8, 4) is 0 Å². The molecule has 132 valence electrons. The van der Waals surface area contributed by atoms with E-state index in [0.717, 1.165) is 12.4 Å². The van der Waals surface area contributed by atoms with Crippen molar-refractivity contribution in [2.75, 3.05) is 5.73 Å². The smallest absolute Gasteiger partial charge is 0.382 e. The zero-order valence-corrected chi connectivity index (χ0v) is 12.7. The molecule has 0 radical (unpaired) electrons. The zero-order valence-electron chi connectivity index (χ0n) is 11.9. The van der Waals surface area contributed by atoms with E-state index in [2.05, 4.69) is 19.9 Å². The van der Waals surface area contributed by atoms with E-state index in [1.807, 2.05) is 0 Å². The van der Waals surface area contributed by atoms with E-state index < -0.39 is 28.4 Å². The molecular weight excluding hydrogens is 372 g/mol. The number of alkyl halides is 6. The van der Waals surface area contributed by atoms with Crippen LogP contribution in [0, 0.1) is 0 Å². The molecule has 2 heterocycles. The van der Waals surface area contributed by atoms with Gasteiger partial charge in [0.25, 0.3) is 0 Å². The standard InChI is InChI=1S/C13H7F6N5S/c14-12(15,16)5-1-2-7(6(3-5)13(17,18)19)25-11-23-8-9(20)21-4-22-10(8)24-11/h1-4H,(H3,20,21,22,23,24). The predicted octanol–water partition coefficient (Wildman–Crippen LogP) is 4.12. The van der Waals surface area contributed by atoms with E-state index in [0.29, 0.717) is 17.8 Å². The number of H-pyrrole nitrogens is 1. The molecule has 0 amide bonds. The molecule has 0 unspecified atom stereocenters. The number of halogens is 6. The lowest BCUT2D eigenvalue weighted by Crippen LogP contribution is -2.11. The number of rotatable bonds is 2. The fourth-order valence-electron chi connectivity index (χ4n) is 1.99. The number of fused-ring (bicyclic) bond motifs is 1. The molecule has 0 aliphatic heterocycles. The highest BCUT2D eigenvalue weighted by atomic mass is 32.2. The van der Waals surface area contributed by atoms with Crippen molar-refractivity contribution < 1.29 is 26.3 Å². The Kier molecular flexibility index (Phi) is 4.01. The number of nitrogens with one attached hydrogen (secondary N) is 1. The molecule has 0 aliphatic carbocycles. The van der Waals surface area contributed by atoms with Crippen molar-refractivity contribution in [2.24, 2.45) is 0 Å². The topological polar surface area (TPSA) is 80.5 Å². The molecule has 25 heavy (non-hydrogen) atoms. The molecule has 0 atom stereocenters. The summed E-state index contributed by atoms with van der Waals surface area (Å²) in [6.07, 6.45) is -8.70. The highest BCUT2D eigenvalue weighted by molar-refractivity contribution is 7.99. The van der Waals surface area contributed by atoms with Gasteiger partial charge in [0.15, 0.2) is 22.1 Å². The Balaban J connectivity index is 2.05. The lowest BCUT2D eigenvalue weighted by Gasteiger charge is -2.14. The fraction of sp³-hybridized carbons (Fsp3) is 0.154. The third-order valence-electron chi connectivity index (χ3n) is 3.11. The number of nitrogen functional groups attached to an aromatic ring is 1. The van der Waals surface area contributed by atoms with Crippen molar-refractivity contribution in [3.63, 3.8) is 0 Å². The average molecular weight is 379 g/mol. The number of hydrogen-bond donors (Lipinski definition) is 2. The van der Waals surface area contributed by atoms with Gasteiger partial charge in [-0.05, 0) is 18.2 Å². The van der Waals surface area contributed by atoms with Crippen LogP contribution >= 0.6 is 11.8 Å². The van der Waals surface area contributed by atoms with Crippen LogP contribution in [-0.2, 0) is 12.4 Å². The molecule has 0 saturated carbocycles. The molecule has 12 heteroatoms. The van der Waals surface area contributed by atoms with Crippen LogP contribution in [-0.4, -0.2) is 19.9 Å². The quantitative estimate of drug-likeness (QED) is 0.655. The van der Waals surface area contributed by atoms with Crippen LogP contribution in [0.2, 0.25) is 0 Å². The van der Waals surface area contributed by atoms with Gasteiger partial charge < -0.3 is 10.7 Å². The van der Waals surface area contributed by atoms with Crippen LogP contribution in [0.5, 0.6) is 0 Å². The van der Waals surface area contributed by atoms with Gasteiger partial charge in [-0.1, -0.05) is 11.8 Å². The van der Waals surface area contributed by atoms with Crippen LogP contribution in [0.4, 0.5) is 32.2 Å². The number of hydrogen-bond acceptors (Lipinski definition) is 5. The number of anilines is 1. The molecule has 0 bridgehead atoms. The third kappa shape index (κ3) is 3.48. The summed E-state index contributed by atoms with van der Waals surface area (Å²) in [5.74, 6) is 0.0246. The highest BCUT2D eigenvalue weighted by Gasteiger charge is 2.38. The zero-order chi connectivity index (χ0) is 18.4. The normalized spacial score (nSPS) is 12.7. The maximum atomic E-state index is 13.1. The number of imidazole rings is 1. The lowest BCUT2D eigenvalue weighted by molar-refractivity contribution is -0.144. The number of benzene rings is 1. The predicted molar refractivity (Wildman–Crippen MR) is 76.7 cm³/mol. The van der Waals surface area contributed by atoms with Crippen LogP contribution < -0.4 is 5.73 Å². The van der Waals surface area contributed by atoms with Gasteiger partial charge >= 0.3 is 12.4 Å². The molecule has 3 N–H and O–H groups in total. The summed E-state index contributed by atoms with van der Waals surface area (Å²) < 4.78 is 77.4. The Morgan fingerprint density at radius 3 is 2.32 bits per heavy atom. The van der Waals surface area contributed by atoms with E-state index in [1.54, 1.807) is 0 Å².